The summed E-state index contributed by atoms with van der Waals surface area (Å²) in [6, 6.07) is 3.71. The van der Waals surface area contributed by atoms with Gasteiger partial charge < -0.3 is 14.7 Å². The van der Waals surface area contributed by atoms with Crippen LogP contribution >= 0.6 is 11.6 Å². The van der Waals surface area contributed by atoms with Gasteiger partial charge in [0.15, 0.2) is 6.61 Å². The third kappa shape index (κ3) is 4.50. The number of aliphatic hydroxyl groups is 1. The Balaban J connectivity index is 2.47. The van der Waals surface area contributed by atoms with Gasteiger partial charge in [-0.1, -0.05) is 11.6 Å². The van der Waals surface area contributed by atoms with Gasteiger partial charge in [0.1, 0.15) is 11.6 Å². The van der Waals surface area contributed by atoms with Gasteiger partial charge in [-0.05, 0) is 24.6 Å². The van der Waals surface area contributed by atoms with Gasteiger partial charge in [0, 0.05) is 20.2 Å². The summed E-state index contributed by atoms with van der Waals surface area (Å²) in [5, 5.41) is 8.77. The van der Waals surface area contributed by atoms with E-state index < -0.39 is 5.82 Å². The molecule has 0 fully saturated rings. The molecule has 18 heavy (non-hydrogen) atoms. The predicted molar refractivity (Wildman–Crippen MR) is 66.2 cm³/mol. The van der Waals surface area contributed by atoms with E-state index in [9.17, 15) is 9.18 Å². The summed E-state index contributed by atoms with van der Waals surface area (Å²) in [5.74, 6) is -0.426. The molecule has 1 amide bonds. The highest BCUT2D eigenvalue weighted by Gasteiger charge is 2.10. The Hall–Kier alpha value is -1.33. The van der Waals surface area contributed by atoms with Gasteiger partial charge in [0.2, 0.25) is 0 Å². The van der Waals surface area contributed by atoms with Crippen LogP contribution in [0.15, 0.2) is 18.2 Å². The molecule has 0 atom stereocenters. The number of carbonyl (C=O) groups is 1. The van der Waals surface area contributed by atoms with Crippen molar-refractivity contribution >= 4 is 17.5 Å². The molecule has 100 valence electrons. The maximum absolute atomic E-state index is 12.8. The van der Waals surface area contributed by atoms with Crippen molar-refractivity contribution in [2.24, 2.45) is 0 Å². The van der Waals surface area contributed by atoms with E-state index in [0.29, 0.717) is 13.0 Å². The van der Waals surface area contributed by atoms with E-state index in [0.717, 1.165) is 6.07 Å². The molecule has 4 nitrogen and oxygen atoms in total. The van der Waals surface area contributed by atoms with Gasteiger partial charge in [-0.25, -0.2) is 4.39 Å². The largest absolute Gasteiger partial charge is 0.482 e. The summed E-state index contributed by atoms with van der Waals surface area (Å²) in [7, 11) is 1.62. The number of aliphatic hydroxyl groups excluding tert-OH is 1. The minimum Gasteiger partial charge on any atom is -0.482 e. The molecule has 0 unspecified atom stereocenters. The fourth-order valence-electron chi connectivity index (χ4n) is 1.27. The number of likely N-dealkylation sites (N-methyl/N-ethyl adjacent to an activating group) is 1. The van der Waals surface area contributed by atoms with Crippen molar-refractivity contribution in [2.75, 3.05) is 26.8 Å². The average molecular weight is 276 g/mol. The summed E-state index contributed by atoms with van der Waals surface area (Å²) >= 11 is 5.75. The maximum atomic E-state index is 12.8. The highest BCUT2D eigenvalue weighted by Crippen LogP contribution is 2.24. The van der Waals surface area contributed by atoms with Crippen molar-refractivity contribution in [1.29, 1.82) is 0 Å². The van der Waals surface area contributed by atoms with Gasteiger partial charge in [-0.3, -0.25) is 4.79 Å². The monoisotopic (exact) mass is 275 g/mol. The molecule has 0 aromatic heterocycles. The molecule has 1 N–H and O–H groups in total. The van der Waals surface area contributed by atoms with Crippen LogP contribution in [0.2, 0.25) is 5.02 Å². The van der Waals surface area contributed by atoms with Gasteiger partial charge in [-0.2, -0.15) is 0 Å². The second-order valence-electron chi connectivity index (χ2n) is 3.76. The van der Waals surface area contributed by atoms with Crippen molar-refractivity contribution in [2.45, 2.75) is 6.42 Å². The summed E-state index contributed by atoms with van der Waals surface area (Å²) in [6.07, 6.45) is 0.513. The predicted octanol–water partition coefficient (Wildman–Crippen LogP) is 1.70. The number of benzene rings is 1. The average Bonchev–Trinajstić information content (AvgIpc) is 2.34. The summed E-state index contributed by atoms with van der Waals surface area (Å²) in [5.41, 5.74) is 0. The fourth-order valence-corrected chi connectivity index (χ4v) is 1.50. The first-order valence-corrected chi connectivity index (χ1v) is 5.85. The molecule has 1 rings (SSSR count). The SMILES string of the molecule is CN(CCCO)C(=O)COc1ccc(F)cc1Cl. The lowest BCUT2D eigenvalue weighted by Crippen LogP contribution is -2.32. The third-order valence-electron chi connectivity index (χ3n) is 2.32. The van der Waals surface area contributed by atoms with Gasteiger partial charge in [0.25, 0.3) is 5.91 Å². The van der Waals surface area contributed by atoms with Gasteiger partial charge >= 0.3 is 0 Å². The number of carbonyl (C=O) groups excluding carboxylic acids is 1. The number of hydrogen-bond acceptors (Lipinski definition) is 3. The lowest BCUT2D eigenvalue weighted by atomic mass is 10.3. The van der Waals surface area contributed by atoms with Crippen molar-refractivity contribution in [3.05, 3.63) is 29.0 Å². The molecule has 0 saturated heterocycles. The molecule has 0 aliphatic carbocycles. The number of halogens is 2. The molecule has 0 saturated carbocycles. The first kappa shape index (κ1) is 14.7. The third-order valence-corrected chi connectivity index (χ3v) is 2.62. The van der Waals surface area contributed by atoms with Gasteiger partial charge in [-0.15, -0.1) is 0 Å². The van der Waals surface area contributed by atoms with Crippen LogP contribution in [0.5, 0.6) is 5.75 Å². The van der Waals surface area contributed by atoms with Crippen LogP contribution in [0.4, 0.5) is 4.39 Å². The molecule has 1 aromatic rings. The van der Waals surface area contributed by atoms with Gasteiger partial charge in [0.05, 0.1) is 5.02 Å². The summed E-state index contributed by atoms with van der Waals surface area (Å²) < 4.78 is 18.0. The minimum atomic E-state index is -0.459. The maximum Gasteiger partial charge on any atom is 0.260 e. The molecule has 0 heterocycles. The molecular weight excluding hydrogens is 261 g/mol. The Kier molecular flexibility index (Phi) is 5.88. The molecular formula is C12H15ClFNO3. The number of ether oxygens (including phenoxy) is 1. The van der Waals surface area contributed by atoms with E-state index in [1.807, 2.05) is 0 Å². The zero-order valence-corrected chi connectivity index (χ0v) is 10.8. The molecule has 0 bridgehead atoms. The number of rotatable bonds is 6. The van der Waals surface area contributed by atoms with Crippen LogP contribution in [-0.2, 0) is 4.79 Å². The Morgan fingerprint density at radius 2 is 2.28 bits per heavy atom. The fraction of sp³-hybridized carbons (Fsp3) is 0.417. The standard InChI is InChI=1S/C12H15ClFNO3/c1-15(5-2-6-16)12(17)8-18-11-4-3-9(14)7-10(11)13/h3-4,7,16H,2,5-6,8H2,1H3. The van der Waals surface area contributed by atoms with Crippen LogP contribution in [0, 0.1) is 5.82 Å². The van der Waals surface area contributed by atoms with E-state index in [2.05, 4.69) is 0 Å². The van der Waals surface area contributed by atoms with Crippen molar-refractivity contribution in [3.63, 3.8) is 0 Å². The molecule has 0 aliphatic rings. The highest BCUT2D eigenvalue weighted by molar-refractivity contribution is 6.32. The Morgan fingerprint density at radius 3 is 2.89 bits per heavy atom. The van der Waals surface area contributed by atoms with Crippen LogP contribution in [-0.4, -0.2) is 42.7 Å². The number of hydrogen-bond donors (Lipinski definition) is 1. The van der Waals surface area contributed by atoms with Crippen molar-refractivity contribution in [1.82, 2.24) is 4.90 Å². The minimum absolute atomic E-state index is 0.0300. The van der Waals surface area contributed by atoms with Crippen LogP contribution in [0.1, 0.15) is 6.42 Å². The van der Waals surface area contributed by atoms with E-state index in [1.165, 1.54) is 17.0 Å². The zero-order chi connectivity index (χ0) is 13.5. The molecule has 0 spiro atoms. The zero-order valence-electron chi connectivity index (χ0n) is 10.0. The topological polar surface area (TPSA) is 49.8 Å². The first-order valence-electron chi connectivity index (χ1n) is 5.47. The second kappa shape index (κ2) is 7.18. The van der Waals surface area contributed by atoms with E-state index in [4.69, 9.17) is 21.4 Å². The summed E-state index contributed by atoms with van der Waals surface area (Å²) in [6.45, 7) is 0.311. The molecule has 1 aromatic carbocycles. The highest BCUT2D eigenvalue weighted by atomic mass is 35.5. The lowest BCUT2D eigenvalue weighted by molar-refractivity contribution is -0.132. The normalized spacial score (nSPS) is 10.2. The lowest BCUT2D eigenvalue weighted by Gasteiger charge is -2.17. The van der Waals surface area contributed by atoms with Crippen molar-refractivity contribution < 1.29 is 19.0 Å². The van der Waals surface area contributed by atoms with Crippen LogP contribution in [0.25, 0.3) is 0 Å². The van der Waals surface area contributed by atoms with Crippen molar-refractivity contribution in [3.8, 4) is 5.75 Å². The second-order valence-corrected chi connectivity index (χ2v) is 4.16. The number of amides is 1. The summed E-state index contributed by atoms with van der Waals surface area (Å²) in [4.78, 5) is 13.1. The Bertz CT molecular complexity index is 414. The first-order chi connectivity index (χ1) is 8.54. The Morgan fingerprint density at radius 1 is 1.56 bits per heavy atom. The van der Waals surface area contributed by atoms with E-state index in [1.54, 1.807) is 7.05 Å². The van der Waals surface area contributed by atoms with Crippen LogP contribution in [0.3, 0.4) is 0 Å². The van der Waals surface area contributed by atoms with Crippen LogP contribution < -0.4 is 4.74 Å². The molecule has 6 heteroatoms. The Labute approximate surface area is 110 Å². The quantitative estimate of drug-likeness (QED) is 0.860. The molecule has 0 radical (unpaired) electrons. The number of nitrogens with zero attached hydrogens (tertiary/aromatic N) is 1. The molecule has 0 aliphatic heterocycles. The van der Waals surface area contributed by atoms with E-state index >= 15 is 0 Å². The van der Waals surface area contributed by atoms with E-state index in [-0.39, 0.29) is 29.9 Å². The smallest absolute Gasteiger partial charge is 0.260 e.